The zero-order chi connectivity index (χ0) is 13.8. The van der Waals surface area contributed by atoms with Gasteiger partial charge >= 0.3 is 5.88 Å². The number of hydrogen-bond acceptors (Lipinski definition) is 7. The number of hydrogen-bond donors (Lipinski definition) is 0. The van der Waals surface area contributed by atoms with Crippen LogP contribution < -0.4 is 14.9 Å². The number of imidazole rings is 1. The summed E-state index contributed by atoms with van der Waals surface area (Å²) >= 11 is 1.32. The largest absolute Gasteiger partial charge is 0.861 e. The van der Waals surface area contributed by atoms with E-state index in [0.717, 1.165) is 5.16 Å². The Kier molecular flexibility index (Phi) is 4.05. The second kappa shape index (κ2) is 5.74. The van der Waals surface area contributed by atoms with Crippen molar-refractivity contribution in [2.24, 2.45) is 12.0 Å². The van der Waals surface area contributed by atoms with E-state index >= 15 is 0 Å². The summed E-state index contributed by atoms with van der Waals surface area (Å²) < 4.78 is 6.75. The topological polar surface area (TPSA) is 86.4 Å². The van der Waals surface area contributed by atoms with E-state index in [9.17, 15) is 5.11 Å². The van der Waals surface area contributed by atoms with Gasteiger partial charge in [0, 0.05) is 25.2 Å². The molecule has 0 bridgehead atoms. The molecule has 2 heterocycles. The Labute approximate surface area is 114 Å². The molecule has 0 aliphatic carbocycles. The van der Waals surface area contributed by atoms with Crippen LogP contribution in [0.2, 0.25) is 0 Å². The van der Waals surface area contributed by atoms with Crippen molar-refractivity contribution in [1.82, 2.24) is 14.8 Å². The van der Waals surface area contributed by atoms with Gasteiger partial charge in [-0.3, -0.25) is 4.52 Å². The maximum absolute atomic E-state index is 11.7. The Morgan fingerprint density at radius 1 is 1.63 bits per heavy atom. The predicted molar refractivity (Wildman–Crippen MR) is 67.8 cm³/mol. The van der Waals surface area contributed by atoms with Crippen molar-refractivity contribution < 1.29 is 14.4 Å². The molecule has 2 aromatic rings. The summed E-state index contributed by atoms with van der Waals surface area (Å²) in [6, 6.07) is 0. The first-order valence-electron chi connectivity index (χ1n) is 5.47. The predicted octanol–water partition coefficient (Wildman–Crippen LogP) is -0.924. The zero-order valence-electron chi connectivity index (χ0n) is 10.8. The smallest absolute Gasteiger partial charge is 0.324 e. The molecule has 0 atom stereocenters. The van der Waals surface area contributed by atoms with E-state index in [0.29, 0.717) is 0 Å². The van der Waals surface area contributed by atoms with Crippen LogP contribution in [-0.2, 0) is 7.05 Å². The first-order chi connectivity index (χ1) is 9.06. The highest BCUT2D eigenvalue weighted by Crippen LogP contribution is 2.14. The highest BCUT2D eigenvalue weighted by Gasteiger charge is 2.12. The van der Waals surface area contributed by atoms with Gasteiger partial charge in [-0.15, -0.1) is 0 Å². The standard InChI is InChI=1S/C10H14N6O2S/c1-14(2)16-6-9(18-13-16)12-8(17)7-19-10-11-4-5-15(10)3/h4-6H,7H2,1-3H3. The van der Waals surface area contributed by atoms with Gasteiger partial charge in [-0.2, -0.15) is 5.01 Å². The number of aryl methyl sites for hydroxylation is 1. The van der Waals surface area contributed by atoms with E-state index in [1.807, 2.05) is 17.8 Å². The summed E-state index contributed by atoms with van der Waals surface area (Å²) in [6.07, 6.45) is 5.03. The van der Waals surface area contributed by atoms with Crippen LogP contribution in [0.1, 0.15) is 0 Å². The quantitative estimate of drug-likeness (QED) is 0.305. The van der Waals surface area contributed by atoms with Crippen LogP contribution in [0, 0.1) is 0 Å². The van der Waals surface area contributed by atoms with E-state index in [2.05, 4.69) is 15.2 Å². The molecule has 102 valence electrons. The molecule has 0 N–H and O–H groups in total. The van der Waals surface area contributed by atoms with Crippen LogP contribution in [-0.4, -0.2) is 40.6 Å². The minimum atomic E-state index is -0.296. The van der Waals surface area contributed by atoms with Gasteiger partial charge in [0.1, 0.15) is 0 Å². The van der Waals surface area contributed by atoms with Crippen molar-refractivity contribution in [2.75, 3.05) is 24.9 Å². The maximum Gasteiger partial charge on any atom is 0.324 e. The molecular formula is C10H14N6O2S. The van der Waals surface area contributed by atoms with Crippen LogP contribution in [0.4, 0.5) is 5.88 Å². The van der Waals surface area contributed by atoms with Crippen molar-refractivity contribution in [3.8, 4) is 0 Å². The first kappa shape index (κ1) is 13.4. The summed E-state index contributed by atoms with van der Waals surface area (Å²) in [4.78, 5) is 9.37. The molecule has 8 nitrogen and oxygen atoms in total. The third-order valence-electron chi connectivity index (χ3n) is 2.19. The monoisotopic (exact) mass is 282 g/mol. The summed E-state index contributed by atoms with van der Waals surface area (Å²) in [5.41, 5.74) is 0. The van der Waals surface area contributed by atoms with E-state index < -0.39 is 0 Å². The van der Waals surface area contributed by atoms with Crippen LogP contribution in [0.15, 0.2) is 33.3 Å². The van der Waals surface area contributed by atoms with Gasteiger partial charge < -0.3 is 9.67 Å². The lowest BCUT2D eigenvalue weighted by atomic mass is 10.7. The Morgan fingerprint density at radius 2 is 2.42 bits per heavy atom. The molecular weight excluding hydrogens is 268 g/mol. The summed E-state index contributed by atoms with van der Waals surface area (Å²) in [5.74, 6) is 0.0854. The molecule has 9 heteroatoms. The summed E-state index contributed by atoms with van der Waals surface area (Å²) in [7, 11) is 5.46. The molecule has 0 saturated heterocycles. The lowest BCUT2D eigenvalue weighted by Gasteiger charge is -2.07. The van der Waals surface area contributed by atoms with Crippen LogP contribution >= 0.6 is 11.8 Å². The van der Waals surface area contributed by atoms with Crippen molar-refractivity contribution in [3.05, 3.63) is 18.6 Å². The number of aliphatic imine (C=N–C) groups is 1. The number of aromatic nitrogens is 4. The van der Waals surface area contributed by atoms with E-state index in [1.165, 1.54) is 22.7 Å². The molecule has 0 saturated carbocycles. The Hall–Kier alpha value is -2.03. The van der Waals surface area contributed by atoms with Gasteiger partial charge in [-0.25, -0.2) is 9.98 Å². The van der Waals surface area contributed by atoms with Gasteiger partial charge in [0.25, 0.3) is 6.20 Å². The molecule has 0 aromatic carbocycles. The van der Waals surface area contributed by atoms with Crippen molar-refractivity contribution in [2.45, 2.75) is 5.16 Å². The fraction of sp³-hybridized carbons (Fsp3) is 0.400. The fourth-order valence-electron chi connectivity index (χ4n) is 1.24. The third-order valence-corrected chi connectivity index (χ3v) is 3.23. The normalized spacial score (nSPS) is 11.8. The van der Waals surface area contributed by atoms with Gasteiger partial charge in [0.2, 0.25) is 5.27 Å². The van der Waals surface area contributed by atoms with Gasteiger partial charge in [0.15, 0.2) is 5.16 Å². The number of thioether (sulfide) groups is 1. The lowest BCUT2D eigenvalue weighted by molar-refractivity contribution is -0.753. The second-order valence-corrected chi connectivity index (χ2v) is 4.87. The zero-order valence-corrected chi connectivity index (χ0v) is 11.7. The van der Waals surface area contributed by atoms with Crippen molar-refractivity contribution in [3.63, 3.8) is 0 Å². The fourth-order valence-corrected chi connectivity index (χ4v) is 1.96. The van der Waals surface area contributed by atoms with E-state index in [-0.39, 0.29) is 17.5 Å². The van der Waals surface area contributed by atoms with Crippen LogP contribution in [0.3, 0.4) is 0 Å². The summed E-state index contributed by atoms with van der Waals surface area (Å²) in [6.45, 7) is 0. The Bertz CT molecular complexity index is 576. The maximum atomic E-state index is 11.7. The van der Waals surface area contributed by atoms with Gasteiger partial charge in [-0.1, -0.05) is 11.8 Å². The van der Waals surface area contributed by atoms with Crippen molar-refractivity contribution in [1.29, 1.82) is 0 Å². The molecule has 0 unspecified atom stereocenters. The lowest BCUT2D eigenvalue weighted by Crippen LogP contribution is -2.53. The molecule has 0 radical (unpaired) electrons. The molecule has 2 rings (SSSR count). The molecule has 0 amide bonds. The molecule has 0 aliphatic heterocycles. The minimum Gasteiger partial charge on any atom is -0.861 e. The van der Waals surface area contributed by atoms with Crippen molar-refractivity contribution >= 4 is 23.5 Å². The molecule has 0 spiro atoms. The Morgan fingerprint density at radius 3 is 3.00 bits per heavy atom. The summed E-state index contributed by atoms with van der Waals surface area (Å²) in [5, 5.41) is 17.8. The molecule has 2 aromatic heterocycles. The average molecular weight is 282 g/mol. The van der Waals surface area contributed by atoms with Crippen LogP contribution in [0.25, 0.3) is 0 Å². The number of nitrogens with zero attached hydrogens (tertiary/aromatic N) is 6. The van der Waals surface area contributed by atoms with Gasteiger partial charge in [0.05, 0.1) is 18.9 Å². The second-order valence-electron chi connectivity index (χ2n) is 3.92. The average Bonchev–Trinajstić information content (AvgIpc) is 2.96. The molecule has 19 heavy (non-hydrogen) atoms. The van der Waals surface area contributed by atoms with Crippen LogP contribution in [0.5, 0.6) is 0 Å². The van der Waals surface area contributed by atoms with E-state index in [4.69, 9.17) is 4.52 Å². The molecule has 0 aliphatic rings. The SMILES string of the molecule is CN(C)[n+]1cc(/N=C(\[O-])CSc2nccn2C)on1. The third kappa shape index (κ3) is 3.47. The Balaban J connectivity index is 1.96. The molecule has 0 fully saturated rings. The minimum absolute atomic E-state index is 0.180. The first-order valence-corrected chi connectivity index (χ1v) is 6.46. The number of rotatable bonds is 5. The highest BCUT2D eigenvalue weighted by atomic mass is 32.2. The van der Waals surface area contributed by atoms with Gasteiger partial charge in [-0.05, 0) is 5.90 Å². The van der Waals surface area contributed by atoms with E-state index in [1.54, 1.807) is 25.3 Å². The highest BCUT2D eigenvalue weighted by molar-refractivity contribution is 7.99.